The van der Waals surface area contributed by atoms with E-state index in [9.17, 15) is 0 Å². The Morgan fingerprint density at radius 3 is 2.00 bits per heavy atom. The van der Waals surface area contributed by atoms with Gasteiger partial charge in [0.2, 0.25) is 0 Å². The standard InChI is InChI=1S/C12H20/c1-8-10-6-7-11(10)12(8)9-4-2-3-5-9/h8-12H,2-7H2,1H3. The normalized spacial score (nSPS) is 52.8. The second-order valence-corrected chi connectivity index (χ2v) is 5.39. The fourth-order valence-electron chi connectivity index (χ4n) is 4.33. The summed E-state index contributed by atoms with van der Waals surface area (Å²) in [6.07, 6.45) is 9.35. The van der Waals surface area contributed by atoms with Gasteiger partial charge in [-0.3, -0.25) is 0 Å². The highest BCUT2D eigenvalue weighted by atomic mass is 14.6. The molecule has 3 aliphatic carbocycles. The molecule has 0 radical (unpaired) electrons. The highest BCUT2D eigenvalue weighted by Crippen LogP contribution is 2.62. The molecule has 12 heavy (non-hydrogen) atoms. The van der Waals surface area contributed by atoms with E-state index in [1.165, 1.54) is 30.6 Å². The molecule has 0 saturated heterocycles. The van der Waals surface area contributed by atoms with Gasteiger partial charge < -0.3 is 0 Å². The zero-order chi connectivity index (χ0) is 8.13. The summed E-state index contributed by atoms with van der Waals surface area (Å²) in [5, 5.41) is 0. The number of fused-ring (bicyclic) bond motifs is 1. The van der Waals surface area contributed by atoms with Crippen molar-refractivity contribution in [2.45, 2.75) is 45.4 Å². The zero-order valence-electron chi connectivity index (χ0n) is 8.13. The Balaban J connectivity index is 1.68. The van der Waals surface area contributed by atoms with Crippen LogP contribution in [0.25, 0.3) is 0 Å². The smallest absolute Gasteiger partial charge is 0.0326 e. The van der Waals surface area contributed by atoms with Gasteiger partial charge in [0.25, 0.3) is 0 Å². The van der Waals surface area contributed by atoms with Crippen LogP contribution in [0.1, 0.15) is 45.4 Å². The molecule has 3 saturated carbocycles. The van der Waals surface area contributed by atoms with Gasteiger partial charge in [0.15, 0.2) is 0 Å². The Morgan fingerprint density at radius 2 is 1.50 bits per heavy atom. The van der Waals surface area contributed by atoms with Crippen molar-refractivity contribution in [3.8, 4) is 0 Å². The summed E-state index contributed by atoms with van der Waals surface area (Å²) < 4.78 is 0. The lowest BCUT2D eigenvalue weighted by molar-refractivity contribution is -0.119. The van der Waals surface area contributed by atoms with Crippen LogP contribution in [0.15, 0.2) is 0 Å². The molecule has 3 rings (SSSR count). The lowest BCUT2D eigenvalue weighted by Crippen LogP contribution is -2.54. The highest BCUT2D eigenvalue weighted by molar-refractivity contribution is 5.03. The predicted molar refractivity (Wildman–Crippen MR) is 50.8 cm³/mol. The van der Waals surface area contributed by atoms with Gasteiger partial charge in [-0.15, -0.1) is 0 Å². The van der Waals surface area contributed by atoms with Gasteiger partial charge in [0.1, 0.15) is 0 Å². The summed E-state index contributed by atoms with van der Waals surface area (Å²) in [6, 6.07) is 0. The number of hydrogen-bond donors (Lipinski definition) is 0. The van der Waals surface area contributed by atoms with Crippen molar-refractivity contribution in [1.29, 1.82) is 0 Å². The second-order valence-electron chi connectivity index (χ2n) is 5.39. The van der Waals surface area contributed by atoms with Crippen molar-refractivity contribution >= 4 is 0 Å². The third kappa shape index (κ3) is 0.791. The summed E-state index contributed by atoms with van der Waals surface area (Å²) in [7, 11) is 0. The van der Waals surface area contributed by atoms with Gasteiger partial charge in [0.05, 0.1) is 0 Å². The largest absolute Gasteiger partial charge is 0.0619 e. The van der Waals surface area contributed by atoms with Gasteiger partial charge in [-0.2, -0.15) is 0 Å². The van der Waals surface area contributed by atoms with Crippen LogP contribution in [-0.2, 0) is 0 Å². The Kier molecular flexibility index (Phi) is 1.54. The Labute approximate surface area is 75.7 Å². The molecule has 0 aromatic heterocycles. The molecule has 4 unspecified atom stereocenters. The molecule has 4 atom stereocenters. The Bertz CT molecular complexity index is 172. The van der Waals surface area contributed by atoms with Gasteiger partial charge in [0, 0.05) is 0 Å². The Hall–Kier alpha value is 0. The first-order valence-corrected chi connectivity index (χ1v) is 5.88. The SMILES string of the molecule is CC1C2CCC2C1C1CCCC1. The maximum absolute atomic E-state index is 2.52. The number of rotatable bonds is 1. The lowest BCUT2D eigenvalue weighted by Gasteiger charge is -2.61. The van der Waals surface area contributed by atoms with E-state index in [0.717, 1.165) is 11.8 Å². The van der Waals surface area contributed by atoms with Crippen molar-refractivity contribution < 1.29 is 0 Å². The highest BCUT2D eigenvalue weighted by Gasteiger charge is 2.55. The molecule has 0 aromatic carbocycles. The van der Waals surface area contributed by atoms with Crippen LogP contribution in [0.5, 0.6) is 0 Å². The summed E-state index contributed by atoms with van der Waals surface area (Å²) in [5.41, 5.74) is 0. The van der Waals surface area contributed by atoms with Gasteiger partial charge in [-0.05, 0) is 42.4 Å². The third-order valence-electron chi connectivity index (χ3n) is 5.10. The van der Waals surface area contributed by atoms with Gasteiger partial charge in [-0.1, -0.05) is 32.6 Å². The summed E-state index contributed by atoms with van der Waals surface area (Å²) in [4.78, 5) is 0. The molecule has 3 fully saturated rings. The number of hydrogen-bond acceptors (Lipinski definition) is 0. The summed E-state index contributed by atoms with van der Waals surface area (Å²) in [6.45, 7) is 2.52. The van der Waals surface area contributed by atoms with Crippen molar-refractivity contribution in [1.82, 2.24) is 0 Å². The topological polar surface area (TPSA) is 0 Å². The minimum atomic E-state index is 1.10. The van der Waals surface area contributed by atoms with E-state index < -0.39 is 0 Å². The summed E-state index contributed by atoms with van der Waals surface area (Å²) >= 11 is 0. The van der Waals surface area contributed by atoms with E-state index in [4.69, 9.17) is 0 Å². The first kappa shape index (κ1) is 7.41. The lowest BCUT2D eigenvalue weighted by atomic mass is 9.44. The van der Waals surface area contributed by atoms with Crippen LogP contribution in [0.3, 0.4) is 0 Å². The van der Waals surface area contributed by atoms with Crippen LogP contribution >= 0.6 is 0 Å². The molecular weight excluding hydrogens is 144 g/mol. The van der Waals surface area contributed by atoms with Gasteiger partial charge >= 0.3 is 0 Å². The average Bonchev–Trinajstić information content (AvgIpc) is 2.49. The molecule has 0 heteroatoms. The van der Waals surface area contributed by atoms with Crippen LogP contribution in [0.2, 0.25) is 0 Å². The maximum atomic E-state index is 2.52. The molecule has 0 N–H and O–H groups in total. The molecule has 3 aliphatic rings. The molecule has 0 aromatic rings. The molecule has 0 amide bonds. The second kappa shape index (κ2) is 2.49. The van der Waals surface area contributed by atoms with E-state index in [1.54, 1.807) is 25.7 Å². The molecule has 68 valence electrons. The Morgan fingerprint density at radius 1 is 0.833 bits per heavy atom. The van der Waals surface area contributed by atoms with E-state index in [-0.39, 0.29) is 0 Å². The first-order chi connectivity index (χ1) is 5.88. The van der Waals surface area contributed by atoms with Crippen LogP contribution in [0, 0.1) is 29.6 Å². The van der Waals surface area contributed by atoms with Gasteiger partial charge in [-0.25, -0.2) is 0 Å². The minimum absolute atomic E-state index is 1.10. The molecule has 0 bridgehead atoms. The zero-order valence-corrected chi connectivity index (χ0v) is 8.13. The fraction of sp³-hybridized carbons (Fsp3) is 1.00. The van der Waals surface area contributed by atoms with E-state index in [0.29, 0.717) is 0 Å². The quantitative estimate of drug-likeness (QED) is 0.556. The van der Waals surface area contributed by atoms with Crippen LogP contribution in [-0.4, -0.2) is 0 Å². The van der Waals surface area contributed by atoms with Crippen LogP contribution < -0.4 is 0 Å². The predicted octanol–water partition coefficient (Wildman–Crippen LogP) is 3.47. The van der Waals surface area contributed by atoms with E-state index in [2.05, 4.69) is 6.92 Å². The van der Waals surface area contributed by atoms with E-state index >= 15 is 0 Å². The minimum Gasteiger partial charge on any atom is -0.0619 e. The van der Waals surface area contributed by atoms with Crippen molar-refractivity contribution in [2.75, 3.05) is 0 Å². The van der Waals surface area contributed by atoms with Crippen molar-refractivity contribution in [2.24, 2.45) is 29.6 Å². The third-order valence-corrected chi connectivity index (χ3v) is 5.10. The van der Waals surface area contributed by atoms with Crippen molar-refractivity contribution in [3.63, 3.8) is 0 Å². The fourth-order valence-corrected chi connectivity index (χ4v) is 4.33. The maximum Gasteiger partial charge on any atom is -0.0326 e. The molecule has 0 aliphatic heterocycles. The molecule has 0 spiro atoms. The van der Waals surface area contributed by atoms with Crippen LogP contribution in [0.4, 0.5) is 0 Å². The average molecular weight is 164 g/mol. The summed E-state index contributed by atoms with van der Waals surface area (Å²) in [5.74, 6) is 5.80. The van der Waals surface area contributed by atoms with Crippen molar-refractivity contribution in [3.05, 3.63) is 0 Å². The first-order valence-electron chi connectivity index (χ1n) is 5.88. The molecular formula is C12H20. The molecule has 0 heterocycles. The van der Waals surface area contributed by atoms with E-state index in [1.807, 2.05) is 0 Å². The monoisotopic (exact) mass is 164 g/mol. The molecule has 0 nitrogen and oxygen atoms in total.